The van der Waals surface area contributed by atoms with Crippen LogP contribution in [-0.2, 0) is 6.42 Å². The summed E-state index contributed by atoms with van der Waals surface area (Å²) in [4.78, 5) is 12.2. The van der Waals surface area contributed by atoms with Gasteiger partial charge < -0.3 is 0 Å². The van der Waals surface area contributed by atoms with Crippen molar-refractivity contribution in [3.63, 3.8) is 0 Å². The number of ketones is 1. The molecule has 0 aliphatic rings. The van der Waals surface area contributed by atoms with E-state index in [1.807, 2.05) is 39.0 Å². The lowest BCUT2D eigenvalue weighted by molar-refractivity contribution is 0.0857. The Morgan fingerprint density at radius 3 is 2.33 bits per heavy atom. The SMILES string of the molecule is CCCc1ccccc1C(=O)C(C)(C)C. The van der Waals surface area contributed by atoms with Gasteiger partial charge in [-0.05, 0) is 12.0 Å². The van der Waals surface area contributed by atoms with Crippen LogP contribution >= 0.6 is 0 Å². The van der Waals surface area contributed by atoms with Crippen molar-refractivity contribution in [3.8, 4) is 0 Å². The Bertz CT molecular complexity index is 345. The number of aryl methyl sites for hydroxylation is 1. The van der Waals surface area contributed by atoms with E-state index in [0.717, 1.165) is 18.4 Å². The van der Waals surface area contributed by atoms with Gasteiger partial charge in [0, 0.05) is 11.0 Å². The molecule has 1 heteroatoms. The zero-order chi connectivity index (χ0) is 11.5. The van der Waals surface area contributed by atoms with Crippen LogP contribution in [0.3, 0.4) is 0 Å². The number of benzene rings is 1. The van der Waals surface area contributed by atoms with Gasteiger partial charge in [0.05, 0.1) is 0 Å². The molecule has 0 N–H and O–H groups in total. The molecule has 15 heavy (non-hydrogen) atoms. The van der Waals surface area contributed by atoms with Crippen LogP contribution in [0.2, 0.25) is 0 Å². The topological polar surface area (TPSA) is 17.1 Å². The average molecular weight is 204 g/mol. The number of hydrogen-bond donors (Lipinski definition) is 0. The lowest BCUT2D eigenvalue weighted by Crippen LogP contribution is -2.21. The minimum absolute atomic E-state index is 0.242. The molecule has 0 bridgehead atoms. The van der Waals surface area contributed by atoms with Crippen molar-refractivity contribution >= 4 is 5.78 Å². The van der Waals surface area contributed by atoms with Gasteiger partial charge in [0.15, 0.2) is 5.78 Å². The highest BCUT2D eigenvalue weighted by Crippen LogP contribution is 2.23. The molecule has 0 heterocycles. The van der Waals surface area contributed by atoms with E-state index in [9.17, 15) is 4.79 Å². The molecule has 1 aromatic carbocycles. The predicted molar refractivity (Wildman–Crippen MR) is 64.2 cm³/mol. The van der Waals surface area contributed by atoms with E-state index in [-0.39, 0.29) is 11.2 Å². The molecule has 0 aliphatic heterocycles. The lowest BCUT2D eigenvalue weighted by Gasteiger charge is -2.18. The first-order chi connectivity index (χ1) is 6.96. The Hall–Kier alpha value is -1.11. The first-order valence-electron chi connectivity index (χ1n) is 5.59. The second-order valence-corrected chi connectivity index (χ2v) is 4.99. The van der Waals surface area contributed by atoms with Gasteiger partial charge in [-0.2, -0.15) is 0 Å². The van der Waals surface area contributed by atoms with Crippen molar-refractivity contribution in [2.75, 3.05) is 0 Å². The third kappa shape index (κ3) is 2.92. The van der Waals surface area contributed by atoms with Crippen LogP contribution in [0.5, 0.6) is 0 Å². The van der Waals surface area contributed by atoms with Crippen LogP contribution in [0.4, 0.5) is 0 Å². The molecule has 82 valence electrons. The maximum absolute atomic E-state index is 12.2. The highest BCUT2D eigenvalue weighted by molar-refractivity contribution is 6.01. The number of rotatable bonds is 3. The summed E-state index contributed by atoms with van der Waals surface area (Å²) in [7, 11) is 0. The summed E-state index contributed by atoms with van der Waals surface area (Å²) in [5, 5.41) is 0. The highest BCUT2D eigenvalue weighted by atomic mass is 16.1. The maximum Gasteiger partial charge on any atom is 0.168 e. The second-order valence-electron chi connectivity index (χ2n) is 4.99. The number of carbonyl (C=O) groups excluding carboxylic acids is 1. The van der Waals surface area contributed by atoms with Crippen LogP contribution in [0.1, 0.15) is 50.0 Å². The van der Waals surface area contributed by atoms with Crippen LogP contribution in [-0.4, -0.2) is 5.78 Å². The van der Waals surface area contributed by atoms with E-state index in [1.54, 1.807) is 0 Å². The van der Waals surface area contributed by atoms with E-state index in [1.165, 1.54) is 5.56 Å². The first-order valence-corrected chi connectivity index (χ1v) is 5.59. The zero-order valence-corrected chi connectivity index (χ0v) is 10.1. The normalized spacial score (nSPS) is 11.5. The summed E-state index contributed by atoms with van der Waals surface area (Å²) in [6, 6.07) is 7.95. The Morgan fingerprint density at radius 2 is 1.80 bits per heavy atom. The summed E-state index contributed by atoms with van der Waals surface area (Å²) >= 11 is 0. The molecule has 0 saturated carbocycles. The molecule has 0 fully saturated rings. The fourth-order valence-corrected chi connectivity index (χ4v) is 1.63. The lowest BCUT2D eigenvalue weighted by atomic mass is 9.84. The standard InChI is InChI=1S/C14H20O/c1-5-8-11-9-6-7-10-12(11)13(15)14(2,3)4/h6-7,9-10H,5,8H2,1-4H3. The average Bonchev–Trinajstić information content (AvgIpc) is 2.17. The molecule has 0 atom stereocenters. The fraction of sp³-hybridized carbons (Fsp3) is 0.500. The van der Waals surface area contributed by atoms with Gasteiger partial charge in [-0.1, -0.05) is 58.4 Å². The Morgan fingerprint density at radius 1 is 1.20 bits per heavy atom. The summed E-state index contributed by atoms with van der Waals surface area (Å²) in [6.45, 7) is 8.05. The number of carbonyl (C=O) groups is 1. The molecule has 0 saturated heterocycles. The molecule has 0 spiro atoms. The van der Waals surface area contributed by atoms with Crippen LogP contribution in [0.15, 0.2) is 24.3 Å². The summed E-state index contributed by atoms with van der Waals surface area (Å²) in [6.07, 6.45) is 2.06. The van der Waals surface area contributed by atoms with E-state index in [4.69, 9.17) is 0 Å². The van der Waals surface area contributed by atoms with Crippen LogP contribution in [0.25, 0.3) is 0 Å². The van der Waals surface area contributed by atoms with E-state index >= 15 is 0 Å². The van der Waals surface area contributed by atoms with Crippen LogP contribution in [0, 0.1) is 5.41 Å². The molecule has 1 nitrogen and oxygen atoms in total. The van der Waals surface area contributed by atoms with Crippen molar-refractivity contribution in [2.24, 2.45) is 5.41 Å². The van der Waals surface area contributed by atoms with Crippen molar-refractivity contribution in [2.45, 2.75) is 40.5 Å². The Balaban J connectivity index is 3.08. The van der Waals surface area contributed by atoms with Gasteiger partial charge >= 0.3 is 0 Å². The number of Topliss-reactive ketones (excluding diaryl/α,β-unsaturated/α-hetero) is 1. The van der Waals surface area contributed by atoms with E-state index in [2.05, 4.69) is 13.0 Å². The first kappa shape index (κ1) is 12.0. The van der Waals surface area contributed by atoms with Gasteiger partial charge in [-0.3, -0.25) is 4.79 Å². The Labute approximate surface area is 92.5 Å². The Kier molecular flexibility index (Phi) is 3.67. The third-order valence-corrected chi connectivity index (χ3v) is 2.46. The highest BCUT2D eigenvalue weighted by Gasteiger charge is 2.24. The number of hydrogen-bond acceptors (Lipinski definition) is 1. The van der Waals surface area contributed by atoms with E-state index < -0.39 is 0 Å². The van der Waals surface area contributed by atoms with Crippen molar-refractivity contribution in [1.29, 1.82) is 0 Å². The van der Waals surface area contributed by atoms with Gasteiger partial charge in [0.2, 0.25) is 0 Å². The largest absolute Gasteiger partial charge is 0.294 e. The van der Waals surface area contributed by atoms with Gasteiger partial charge in [-0.25, -0.2) is 0 Å². The molecular weight excluding hydrogens is 184 g/mol. The van der Waals surface area contributed by atoms with Gasteiger partial charge in [0.1, 0.15) is 0 Å². The smallest absolute Gasteiger partial charge is 0.168 e. The van der Waals surface area contributed by atoms with Crippen molar-refractivity contribution in [1.82, 2.24) is 0 Å². The van der Waals surface area contributed by atoms with Gasteiger partial charge in [-0.15, -0.1) is 0 Å². The van der Waals surface area contributed by atoms with Crippen LogP contribution < -0.4 is 0 Å². The van der Waals surface area contributed by atoms with Crippen molar-refractivity contribution in [3.05, 3.63) is 35.4 Å². The summed E-state index contributed by atoms with van der Waals surface area (Å²) < 4.78 is 0. The molecular formula is C14H20O. The van der Waals surface area contributed by atoms with E-state index in [0.29, 0.717) is 0 Å². The van der Waals surface area contributed by atoms with Gasteiger partial charge in [0.25, 0.3) is 0 Å². The molecule has 1 rings (SSSR count). The maximum atomic E-state index is 12.2. The zero-order valence-electron chi connectivity index (χ0n) is 10.1. The predicted octanol–water partition coefficient (Wildman–Crippen LogP) is 3.87. The molecule has 0 radical (unpaired) electrons. The molecule has 0 aliphatic carbocycles. The molecule has 0 unspecified atom stereocenters. The third-order valence-electron chi connectivity index (χ3n) is 2.46. The summed E-state index contributed by atoms with van der Waals surface area (Å²) in [5.74, 6) is 0.242. The quantitative estimate of drug-likeness (QED) is 0.683. The summed E-state index contributed by atoms with van der Waals surface area (Å²) in [5.41, 5.74) is 1.79. The molecule has 0 aromatic heterocycles. The fourth-order valence-electron chi connectivity index (χ4n) is 1.63. The second kappa shape index (κ2) is 4.61. The monoisotopic (exact) mass is 204 g/mol. The minimum atomic E-state index is -0.288. The molecule has 0 amide bonds. The minimum Gasteiger partial charge on any atom is -0.294 e. The van der Waals surface area contributed by atoms with Crippen molar-refractivity contribution < 1.29 is 4.79 Å². The molecule has 1 aromatic rings.